The molecule has 1 aliphatic rings. The summed E-state index contributed by atoms with van der Waals surface area (Å²) in [6.45, 7) is 1.74. The summed E-state index contributed by atoms with van der Waals surface area (Å²) in [6, 6.07) is 8.50. The number of nitriles is 1. The monoisotopic (exact) mass is 256 g/mol. The maximum absolute atomic E-state index is 12.9. The van der Waals surface area contributed by atoms with Crippen molar-refractivity contribution in [2.45, 2.75) is 19.4 Å². The minimum atomic E-state index is -0.242. The minimum Gasteiger partial charge on any atom is -0.369 e. The van der Waals surface area contributed by atoms with Gasteiger partial charge in [0.1, 0.15) is 23.5 Å². The Morgan fingerprint density at radius 1 is 1.37 bits per heavy atom. The number of imidazole rings is 1. The Hall–Kier alpha value is -2.35. The van der Waals surface area contributed by atoms with Crippen LogP contribution in [0, 0.1) is 17.1 Å². The van der Waals surface area contributed by atoms with E-state index in [4.69, 9.17) is 5.26 Å². The van der Waals surface area contributed by atoms with Gasteiger partial charge in [0.15, 0.2) is 5.69 Å². The van der Waals surface area contributed by atoms with Gasteiger partial charge in [-0.2, -0.15) is 5.26 Å². The number of aromatic nitrogens is 2. The Morgan fingerprint density at radius 2 is 2.16 bits per heavy atom. The van der Waals surface area contributed by atoms with Gasteiger partial charge in [0.2, 0.25) is 0 Å². The van der Waals surface area contributed by atoms with Crippen LogP contribution in [0.25, 0.3) is 0 Å². The molecule has 0 amide bonds. The highest BCUT2D eigenvalue weighted by atomic mass is 19.1. The van der Waals surface area contributed by atoms with E-state index < -0.39 is 0 Å². The summed E-state index contributed by atoms with van der Waals surface area (Å²) in [5.41, 5.74) is 1.43. The first-order chi connectivity index (χ1) is 9.28. The van der Waals surface area contributed by atoms with Gasteiger partial charge in [-0.05, 0) is 24.1 Å². The van der Waals surface area contributed by atoms with Crippen molar-refractivity contribution < 1.29 is 4.39 Å². The largest absolute Gasteiger partial charge is 0.369 e. The first-order valence-electron chi connectivity index (χ1n) is 6.26. The number of hydrogen-bond acceptors (Lipinski definition) is 3. The topological polar surface area (TPSA) is 53.6 Å². The second-order valence-electron chi connectivity index (χ2n) is 4.57. The third-order valence-corrected chi connectivity index (χ3v) is 3.28. The van der Waals surface area contributed by atoms with Crippen molar-refractivity contribution in [2.75, 3.05) is 11.9 Å². The van der Waals surface area contributed by atoms with Crippen molar-refractivity contribution in [3.8, 4) is 6.07 Å². The van der Waals surface area contributed by atoms with Gasteiger partial charge in [-0.1, -0.05) is 12.1 Å². The zero-order chi connectivity index (χ0) is 13.2. The molecule has 3 rings (SSSR count). The number of nitrogens with zero attached hydrogens (tertiary/aromatic N) is 3. The second-order valence-corrected chi connectivity index (χ2v) is 4.57. The maximum Gasteiger partial charge on any atom is 0.183 e. The quantitative estimate of drug-likeness (QED) is 0.897. The molecule has 2 heterocycles. The van der Waals surface area contributed by atoms with E-state index >= 15 is 0 Å². The van der Waals surface area contributed by atoms with Crippen molar-refractivity contribution >= 4 is 5.82 Å². The SMILES string of the molecule is N#Cc1nc(Cc2ccc(F)cc2)n2c1NCCC2. The summed E-state index contributed by atoms with van der Waals surface area (Å²) in [7, 11) is 0. The predicted molar refractivity (Wildman–Crippen MR) is 69.3 cm³/mol. The molecule has 19 heavy (non-hydrogen) atoms. The number of fused-ring (bicyclic) bond motifs is 1. The fourth-order valence-corrected chi connectivity index (χ4v) is 2.36. The summed E-state index contributed by atoms with van der Waals surface area (Å²) in [4.78, 5) is 4.37. The van der Waals surface area contributed by atoms with E-state index in [2.05, 4.69) is 16.4 Å². The molecule has 96 valence electrons. The highest BCUT2D eigenvalue weighted by Crippen LogP contribution is 2.23. The van der Waals surface area contributed by atoms with Crippen molar-refractivity contribution in [3.63, 3.8) is 0 Å². The molecule has 0 fully saturated rings. The Balaban J connectivity index is 1.95. The maximum atomic E-state index is 12.9. The first kappa shape index (κ1) is 11.7. The van der Waals surface area contributed by atoms with E-state index in [1.165, 1.54) is 12.1 Å². The molecule has 0 bridgehead atoms. The van der Waals surface area contributed by atoms with Crippen LogP contribution in [0.15, 0.2) is 24.3 Å². The van der Waals surface area contributed by atoms with Gasteiger partial charge in [-0.15, -0.1) is 0 Å². The molecule has 0 spiro atoms. The summed E-state index contributed by atoms with van der Waals surface area (Å²) >= 11 is 0. The fraction of sp³-hybridized carbons (Fsp3) is 0.286. The molecule has 1 N–H and O–H groups in total. The van der Waals surface area contributed by atoms with Gasteiger partial charge in [0.05, 0.1) is 0 Å². The van der Waals surface area contributed by atoms with Crippen molar-refractivity contribution in [2.24, 2.45) is 0 Å². The molecule has 1 aliphatic heterocycles. The van der Waals surface area contributed by atoms with Gasteiger partial charge in [-0.3, -0.25) is 0 Å². The molecule has 1 aromatic heterocycles. The van der Waals surface area contributed by atoms with E-state index in [1.807, 2.05) is 4.57 Å². The third kappa shape index (κ3) is 2.17. The molecule has 2 aromatic rings. The molecular formula is C14H13FN4. The van der Waals surface area contributed by atoms with Gasteiger partial charge < -0.3 is 9.88 Å². The molecule has 0 atom stereocenters. The molecule has 4 nitrogen and oxygen atoms in total. The van der Waals surface area contributed by atoms with Crippen LogP contribution < -0.4 is 5.32 Å². The smallest absolute Gasteiger partial charge is 0.183 e. The molecule has 1 aromatic carbocycles. The van der Waals surface area contributed by atoms with Gasteiger partial charge in [0, 0.05) is 19.5 Å². The molecule has 0 aliphatic carbocycles. The second kappa shape index (κ2) is 4.73. The van der Waals surface area contributed by atoms with Crippen molar-refractivity contribution in [1.29, 1.82) is 5.26 Å². The van der Waals surface area contributed by atoms with Crippen LogP contribution >= 0.6 is 0 Å². The molecule has 5 heteroatoms. The lowest BCUT2D eigenvalue weighted by Crippen LogP contribution is -2.18. The number of rotatable bonds is 2. The average molecular weight is 256 g/mol. The Morgan fingerprint density at radius 3 is 2.89 bits per heavy atom. The number of hydrogen-bond donors (Lipinski definition) is 1. The Kier molecular flexibility index (Phi) is 2.92. The minimum absolute atomic E-state index is 0.242. The van der Waals surface area contributed by atoms with Gasteiger partial charge in [0.25, 0.3) is 0 Å². The Bertz CT molecular complexity index is 637. The van der Waals surface area contributed by atoms with Crippen LogP contribution in [0.5, 0.6) is 0 Å². The van der Waals surface area contributed by atoms with Crippen LogP contribution in [0.3, 0.4) is 0 Å². The number of nitrogens with one attached hydrogen (secondary N) is 1. The molecular weight excluding hydrogens is 243 g/mol. The van der Waals surface area contributed by atoms with E-state index in [1.54, 1.807) is 12.1 Å². The highest BCUT2D eigenvalue weighted by molar-refractivity contribution is 5.51. The Labute approximate surface area is 110 Å². The lowest BCUT2D eigenvalue weighted by atomic mass is 10.1. The standard InChI is InChI=1S/C14H13FN4/c15-11-4-2-10(3-5-11)8-13-18-12(9-16)14-17-6-1-7-19(13)14/h2-5,17H,1,6-8H2. The van der Waals surface area contributed by atoms with E-state index in [9.17, 15) is 4.39 Å². The molecule has 0 saturated heterocycles. The normalized spacial score (nSPS) is 13.5. The van der Waals surface area contributed by atoms with E-state index in [-0.39, 0.29) is 5.82 Å². The molecule has 0 unspecified atom stereocenters. The zero-order valence-corrected chi connectivity index (χ0v) is 10.4. The summed E-state index contributed by atoms with van der Waals surface area (Å²) < 4.78 is 14.9. The first-order valence-corrected chi connectivity index (χ1v) is 6.26. The van der Waals surface area contributed by atoms with Crippen LogP contribution in [-0.4, -0.2) is 16.1 Å². The molecule has 0 saturated carbocycles. The van der Waals surface area contributed by atoms with Crippen LogP contribution in [0.1, 0.15) is 23.5 Å². The zero-order valence-electron chi connectivity index (χ0n) is 10.4. The summed E-state index contributed by atoms with van der Waals surface area (Å²) in [5.74, 6) is 1.42. The summed E-state index contributed by atoms with van der Waals surface area (Å²) in [6.07, 6.45) is 1.63. The van der Waals surface area contributed by atoms with Crippen LogP contribution in [-0.2, 0) is 13.0 Å². The fourth-order valence-electron chi connectivity index (χ4n) is 2.36. The molecule has 0 radical (unpaired) electrons. The number of halogens is 1. The number of benzene rings is 1. The number of anilines is 1. The van der Waals surface area contributed by atoms with Gasteiger partial charge >= 0.3 is 0 Å². The van der Waals surface area contributed by atoms with Crippen molar-refractivity contribution in [1.82, 2.24) is 9.55 Å². The predicted octanol–water partition coefficient (Wildman–Crippen LogP) is 2.30. The summed E-state index contributed by atoms with van der Waals surface area (Å²) in [5, 5.41) is 12.3. The van der Waals surface area contributed by atoms with Crippen molar-refractivity contribution in [3.05, 3.63) is 47.2 Å². The average Bonchev–Trinajstić information content (AvgIpc) is 2.80. The highest BCUT2D eigenvalue weighted by Gasteiger charge is 2.19. The lowest BCUT2D eigenvalue weighted by Gasteiger charge is -2.18. The van der Waals surface area contributed by atoms with Crippen LogP contribution in [0.2, 0.25) is 0 Å². The van der Waals surface area contributed by atoms with Crippen LogP contribution in [0.4, 0.5) is 10.2 Å². The lowest BCUT2D eigenvalue weighted by molar-refractivity contribution is 0.605. The van der Waals surface area contributed by atoms with E-state index in [0.29, 0.717) is 12.1 Å². The van der Waals surface area contributed by atoms with Gasteiger partial charge in [-0.25, -0.2) is 9.37 Å². The third-order valence-electron chi connectivity index (χ3n) is 3.28. The van der Waals surface area contributed by atoms with E-state index in [0.717, 1.165) is 36.7 Å².